The van der Waals surface area contributed by atoms with E-state index in [9.17, 15) is 8.42 Å². The number of nitrogens with zero attached hydrogens (tertiary/aromatic N) is 2. The van der Waals surface area contributed by atoms with Gasteiger partial charge < -0.3 is 0 Å². The highest BCUT2D eigenvalue weighted by molar-refractivity contribution is 7.89. The maximum Gasteiger partial charge on any atom is 0.240 e. The summed E-state index contributed by atoms with van der Waals surface area (Å²) in [6.45, 7) is 2.22. The topological polar surface area (TPSA) is 72.0 Å². The van der Waals surface area contributed by atoms with Crippen LogP contribution in [0.4, 0.5) is 0 Å². The summed E-state index contributed by atoms with van der Waals surface area (Å²) >= 11 is 0. The molecule has 0 aliphatic rings. The fourth-order valence-corrected chi connectivity index (χ4v) is 4.20. The Hall–Kier alpha value is -3.35. The van der Waals surface area contributed by atoms with Gasteiger partial charge in [0.25, 0.3) is 0 Å². The van der Waals surface area contributed by atoms with E-state index in [1.165, 1.54) is 0 Å². The molecule has 30 heavy (non-hydrogen) atoms. The van der Waals surface area contributed by atoms with Crippen LogP contribution in [-0.2, 0) is 16.6 Å². The van der Waals surface area contributed by atoms with Crippen LogP contribution in [0.25, 0.3) is 22.4 Å². The average molecular weight is 416 g/mol. The Morgan fingerprint density at radius 2 is 1.57 bits per heavy atom. The minimum absolute atomic E-state index is 0.183. The summed E-state index contributed by atoms with van der Waals surface area (Å²) in [5, 5.41) is 0. The van der Waals surface area contributed by atoms with Gasteiger partial charge in [-0.2, -0.15) is 0 Å². The molecule has 0 bridgehead atoms. The molecule has 0 aliphatic heterocycles. The van der Waals surface area contributed by atoms with Gasteiger partial charge in [-0.1, -0.05) is 42.0 Å². The van der Waals surface area contributed by atoms with E-state index in [1.807, 2.05) is 55.5 Å². The summed E-state index contributed by atoms with van der Waals surface area (Å²) in [4.78, 5) is 8.60. The van der Waals surface area contributed by atoms with Crippen LogP contribution in [0.3, 0.4) is 0 Å². The summed E-state index contributed by atoms with van der Waals surface area (Å²) < 4.78 is 28.1. The molecule has 0 fully saturated rings. The molecule has 4 aromatic rings. The molecule has 0 unspecified atom stereocenters. The predicted molar refractivity (Wildman–Crippen MR) is 118 cm³/mol. The Bertz CT molecular complexity index is 1260. The van der Waals surface area contributed by atoms with Crippen LogP contribution in [0.1, 0.15) is 11.1 Å². The number of pyridine rings is 2. The van der Waals surface area contributed by atoms with Crippen LogP contribution in [0.5, 0.6) is 0 Å². The molecule has 6 heteroatoms. The van der Waals surface area contributed by atoms with Crippen molar-refractivity contribution >= 4 is 10.0 Å². The highest BCUT2D eigenvalue weighted by atomic mass is 32.2. The van der Waals surface area contributed by atoms with Gasteiger partial charge in [0.2, 0.25) is 10.0 Å². The van der Waals surface area contributed by atoms with Crippen molar-refractivity contribution in [2.24, 2.45) is 0 Å². The van der Waals surface area contributed by atoms with E-state index in [0.717, 1.165) is 33.5 Å². The largest absolute Gasteiger partial charge is 0.265 e. The number of hydrogen-bond donors (Lipinski definition) is 1. The van der Waals surface area contributed by atoms with Gasteiger partial charge >= 0.3 is 0 Å². The monoisotopic (exact) mass is 415 g/mol. The highest BCUT2D eigenvalue weighted by Gasteiger charge is 2.14. The lowest BCUT2D eigenvalue weighted by atomic mass is 10.0. The Balaban J connectivity index is 1.48. The summed E-state index contributed by atoms with van der Waals surface area (Å²) in [5.74, 6) is 0. The first kappa shape index (κ1) is 19.9. The zero-order valence-electron chi connectivity index (χ0n) is 16.5. The van der Waals surface area contributed by atoms with Crippen molar-refractivity contribution in [3.05, 3.63) is 103 Å². The van der Waals surface area contributed by atoms with Crippen LogP contribution in [0.2, 0.25) is 0 Å². The highest BCUT2D eigenvalue weighted by Crippen LogP contribution is 2.22. The van der Waals surface area contributed by atoms with Gasteiger partial charge in [0, 0.05) is 30.7 Å². The van der Waals surface area contributed by atoms with Gasteiger partial charge in [0.05, 0.1) is 10.6 Å². The van der Waals surface area contributed by atoms with Crippen molar-refractivity contribution in [3.63, 3.8) is 0 Å². The molecule has 5 nitrogen and oxygen atoms in total. The lowest BCUT2D eigenvalue weighted by molar-refractivity contribution is 0.581. The molecule has 4 rings (SSSR count). The van der Waals surface area contributed by atoms with Crippen LogP contribution >= 0.6 is 0 Å². The maximum atomic E-state index is 12.7. The molecule has 0 radical (unpaired) electrons. The van der Waals surface area contributed by atoms with Crippen molar-refractivity contribution in [2.45, 2.75) is 18.4 Å². The molecular weight excluding hydrogens is 394 g/mol. The van der Waals surface area contributed by atoms with E-state index in [2.05, 4.69) is 20.8 Å². The van der Waals surface area contributed by atoms with Gasteiger partial charge in [-0.15, -0.1) is 0 Å². The molecular formula is C24H21N3O2S. The SMILES string of the molecule is Cc1cccc(-c2ccc(S(=O)(=O)NCc3ccnc(-c4ccncc4)c3)cc2)c1. The van der Waals surface area contributed by atoms with Crippen LogP contribution in [0.15, 0.2) is 96.3 Å². The minimum atomic E-state index is -3.62. The van der Waals surface area contributed by atoms with Crippen molar-refractivity contribution in [1.29, 1.82) is 0 Å². The Morgan fingerprint density at radius 1 is 0.800 bits per heavy atom. The average Bonchev–Trinajstić information content (AvgIpc) is 2.79. The number of rotatable bonds is 6. The van der Waals surface area contributed by atoms with Gasteiger partial charge in [0.1, 0.15) is 0 Å². The second kappa shape index (κ2) is 8.57. The van der Waals surface area contributed by atoms with Crippen molar-refractivity contribution in [1.82, 2.24) is 14.7 Å². The van der Waals surface area contributed by atoms with Crippen LogP contribution < -0.4 is 4.72 Å². The number of sulfonamides is 1. The van der Waals surface area contributed by atoms with Gasteiger partial charge in [-0.3, -0.25) is 9.97 Å². The molecule has 0 atom stereocenters. The molecule has 0 spiro atoms. The van der Waals surface area contributed by atoms with Crippen LogP contribution in [-0.4, -0.2) is 18.4 Å². The predicted octanol–water partition coefficient (Wildman–Crippen LogP) is 4.60. The summed E-state index contributed by atoms with van der Waals surface area (Å²) in [7, 11) is -3.62. The standard InChI is InChI=1S/C24H21N3O2S/c1-18-3-2-4-22(15-18)20-5-7-23(8-6-20)30(28,29)27-17-19-9-14-26-24(16-19)21-10-12-25-13-11-21/h2-16,27H,17H2,1H3. The maximum absolute atomic E-state index is 12.7. The summed E-state index contributed by atoms with van der Waals surface area (Å²) in [6.07, 6.45) is 5.08. The third-order valence-corrected chi connectivity index (χ3v) is 6.20. The molecule has 0 aliphatic carbocycles. The van der Waals surface area contributed by atoms with E-state index in [-0.39, 0.29) is 11.4 Å². The van der Waals surface area contributed by atoms with E-state index in [1.54, 1.807) is 36.8 Å². The zero-order chi connectivity index (χ0) is 21.0. The second-order valence-electron chi connectivity index (χ2n) is 7.00. The fourth-order valence-electron chi connectivity index (χ4n) is 3.18. The first-order valence-electron chi connectivity index (χ1n) is 9.53. The van der Waals surface area contributed by atoms with E-state index in [4.69, 9.17) is 0 Å². The van der Waals surface area contributed by atoms with Crippen molar-refractivity contribution in [2.75, 3.05) is 0 Å². The van der Waals surface area contributed by atoms with E-state index < -0.39 is 10.0 Å². The molecule has 1 N–H and O–H groups in total. The first-order chi connectivity index (χ1) is 14.5. The fraction of sp³-hybridized carbons (Fsp3) is 0.0833. The van der Waals surface area contributed by atoms with E-state index >= 15 is 0 Å². The smallest absolute Gasteiger partial charge is 0.240 e. The first-order valence-corrected chi connectivity index (χ1v) is 11.0. The van der Waals surface area contributed by atoms with Crippen molar-refractivity contribution in [3.8, 4) is 22.4 Å². The molecule has 2 aromatic heterocycles. The zero-order valence-corrected chi connectivity index (χ0v) is 17.3. The van der Waals surface area contributed by atoms with E-state index in [0.29, 0.717) is 0 Å². The second-order valence-corrected chi connectivity index (χ2v) is 8.77. The Kier molecular flexibility index (Phi) is 5.70. The number of aryl methyl sites for hydroxylation is 1. The van der Waals surface area contributed by atoms with Gasteiger partial charge in [-0.25, -0.2) is 13.1 Å². The minimum Gasteiger partial charge on any atom is -0.265 e. The molecule has 2 heterocycles. The summed E-state index contributed by atoms with van der Waals surface area (Å²) in [5.41, 5.74) is 5.74. The third-order valence-electron chi connectivity index (χ3n) is 4.78. The third kappa shape index (κ3) is 4.62. The number of nitrogens with one attached hydrogen (secondary N) is 1. The quantitative estimate of drug-likeness (QED) is 0.500. The number of benzene rings is 2. The lowest BCUT2D eigenvalue weighted by Crippen LogP contribution is -2.23. The number of hydrogen-bond acceptors (Lipinski definition) is 4. The molecule has 150 valence electrons. The molecule has 0 saturated carbocycles. The van der Waals surface area contributed by atoms with Crippen LogP contribution in [0, 0.1) is 6.92 Å². The molecule has 2 aromatic carbocycles. The summed E-state index contributed by atoms with van der Waals surface area (Å²) in [6, 6.07) is 22.4. The Labute approximate surface area is 176 Å². The number of aromatic nitrogens is 2. The van der Waals surface area contributed by atoms with Gasteiger partial charge in [0.15, 0.2) is 0 Å². The Morgan fingerprint density at radius 3 is 2.30 bits per heavy atom. The van der Waals surface area contributed by atoms with Crippen molar-refractivity contribution < 1.29 is 8.42 Å². The van der Waals surface area contributed by atoms with Gasteiger partial charge in [-0.05, 0) is 60.0 Å². The molecule has 0 saturated heterocycles. The lowest BCUT2D eigenvalue weighted by Gasteiger charge is -2.09. The molecule has 0 amide bonds. The normalized spacial score (nSPS) is 11.4.